The Hall–Kier alpha value is -3.39. The number of anilines is 1. The first kappa shape index (κ1) is 27.2. The van der Waals surface area contributed by atoms with E-state index in [2.05, 4.69) is 17.4 Å². The molecule has 8 nitrogen and oxygen atoms in total. The zero-order valence-electron chi connectivity index (χ0n) is 22.3. The summed E-state index contributed by atoms with van der Waals surface area (Å²) in [7, 11) is 1.76. The van der Waals surface area contributed by atoms with Gasteiger partial charge in [-0.05, 0) is 62.9 Å². The first-order valence-electron chi connectivity index (χ1n) is 12.4. The number of amides is 2. The molecule has 0 fully saturated rings. The highest BCUT2D eigenvalue weighted by molar-refractivity contribution is 5.92. The molecule has 3 rings (SSSR count). The highest BCUT2D eigenvalue weighted by atomic mass is 16.6. The van der Waals surface area contributed by atoms with Crippen molar-refractivity contribution in [2.45, 2.75) is 59.7 Å². The lowest BCUT2D eigenvalue weighted by Crippen LogP contribution is -2.48. The number of nitrogens with one attached hydrogen (secondary N) is 1. The molecule has 194 valence electrons. The fourth-order valence-electron chi connectivity index (χ4n) is 4.08. The van der Waals surface area contributed by atoms with Gasteiger partial charge in [0.2, 0.25) is 5.91 Å². The predicted molar refractivity (Wildman–Crippen MR) is 140 cm³/mol. The molecule has 1 aliphatic rings. The van der Waals surface area contributed by atoms with E-state index in [0.29, 0.717) is 30.9 Å². The van der Waals surface area contributed by atoms with E-state index in [1.54, 1.807) is 29.1 Å². The topological polar surface area (TPSA) is 82.2 Å². The zero-order valence-corrected chi connectivity index (χ0v) is 22.3. The fourth-order valence-corrected chi connectivity index (χ4v) is 4.08. The van der Waals surface area contributed by atoms with E-state index in [4.69, 9.17) is 4.74 Å². The number of hydrazine groups is 1. The summed E-state index contributed by atoms with van der Waals surface area (Å²) >= 11 is 0. The van der Waals surface area contributed by atoms with E-state index in [-0.39, 0.29) is 24.9 Å². The SMILES string of the molecule is CCCNC(=O)CN(CC(=O)N(C)N1Cc2ccccc2C1)c1cc(C(=O)OC(C)(C)C)ccc1C. The van der Waals surface area contributed by atoms with Gasteiger partial charge < -0.3 is 15.0 Å². The smallest absolute Gasteiger partial charge is 0.338 e. The van der Waals surface area contributed by atoms with Crippen LogP contribution >= 0.6 is 0 Å². The molecule has 8 heteroatoms. The van der Waals surface area contributed by atoms with Crippen molar-refractivity contribution < 1.29 is 19.1 Å². The van der Waals surface area contributed by atoms with Crippen LogP contribution in [0.25, 0.3) is 0 Å². The Morgan fingerprint density at radius 1 is 1.03 bits per heavy atom. The number of esters is 1. The molecule has 0 atom stereocenters. The molecule has 2 aromatic carbocycles. The van der Waals surface area contributed by atoms with E-state index in [1.807, 2.05) is 57.8 Å². The maximum Gasteiger partial charge on any atom is 0.338 e. The summed E-state index contributed by atoms with van der Waals surface area (Å²) in [6.45, 7) is 11.2. The fraction of sp³-hybridized carbons (Fsp3) is 0.464. The number of ether oxygens (including phenoxy) is 1. The standard InChI is InChI=1S/C28H38N4O4/c1-7-14-29-25(33)18-31(24-15-21(13-12-20(24)2)27(35)36-28(3,4)5)19-26(34)30(6)32-16-22-10-8-9-11-23(22)17-32/h8-13,15H,7,14,16-19H2,1-6H3,(H,29,33). The number of carbonyl (C=O) groups excluding carboxylic acids is 3. The van der Waals surface area contributed by atoms with Crippen LogP contribution in [0, 0.1) is 6.92 Å². The second-order valence-corrected chi connectivity index (χ2v) is 10.2. The summed E-state index contributed by atoms with van der Waals surface area (Å²) in [6.07, 6.45) is 0.816. The van der Waals surface area contributed by atoms with Crippen molar-refractivity contribution in [1.29, 1.82) is 0 Å². The number of likely N-dealkylation sites (N-methyl/N-ethyl adjacent to an activating group) is 1. The van der Waals surface area contributed by atoms with Gasteiger partial charge in [0.15, 0.2) is 0 Å². The Morgan fingerprint density at radius 2 is 1.67 bits per heavy atom. The third-order valence-electron chi connectivity index (χ3n) is 6.03. The Bertz CT molecular complexity index is 1080. The number of fused-ring (bicyclic) bond motifs is 1. The normalized spacial score (nSPS) is 13.2. The molecule has 36 heavy (non-hydrogen) atoms. The molecule has 0 bridgehead atoms. The molecule has 0 saturated carbocycles. The summed E-state index contributed by atoms with van der Waals surface area (Å²) in [5, 5.41) is 6.50. The minimum absolute atomic E-state index is 0.00157. The minimum Gasteiger partial charge on any atom is -0.456 e. The van der Waals surface area contributed by atoms with Crippen molar-refractivity contribution in [3.63, 3.8) is 0 Å². The zero-order chi connectivity index (χ0) is 26.5. The molecule has 0 aliphatic carbocycles. The van der Waals surface area contributed by atoms with E-state index < -0.39 is 11.6 Å². The molecule has 1 heterocycles. The molecule has 1 aliphatic heterocycles. The van der Waals surface area contributed by atoms with Crippen LogP contribution in [0.4, 0.5) is 5.69 Å². The Balaban J connectivity index is 1.82. The van der Waals surface area contributed by atoms with Gasteiger partial charge in [-0.2, -0.15) is 0 Å². The number of hydrogen-bond acceptors (Lipinski definition) is 6. The van der Waals surface area contributed by atoms with Crippen molar-refractivity contribution in [3.8, 4) is 0 Å². The minimum atomic E-state index is -0.631. The molecule has 2 aromatic rings. The number of carbonyl (C=O) groups is 3. The Morgan fingerprint density at radius 3 is 2.25 bits per heavy atom. The molecule has 0 unspecified atom stereocenters. The second kappa shape index (κ2) is 11.6. The highest BCUT2D eigenvalue weighted by Gasteiger charge is 2.27. The van der Waals surface area contributed by atoms with Crippen LogP contribution < -0.4 is 10.2 Å². The molecular formula is C28H38N4O4. The second-order valence-electron chi connectivity index (χ2n) is 10.2. The molecule has 0 saturated heterocycles. The Kier molecular flexibility index (Phi) is 8.74. The average molecular weight is 495 g/mol. The number of nitrogens with zero attached hydrogens (tertiary/aromatic N) is 3. The van der Waals surface area contributed by atoms with Gasteiger partial charge in [0.25, 0.3) is 5.91 Å². The third kappa shape index (κ3) is 7.07. The summed E-state index contributed by atoms with van der Waals surface area (Å²) in [6, 6.07) is 13.4. The summed E-state index contributed by atoms with van der Waals surface area (Å²) in [5.74, 6) is -0.770. The van der Waals surface area contributed by atoms with Crippen molar-refractivity contribution in [2.75, 3.05) is 31.6 Å². The lowest BCUT2D eigenvalue weighted by Gasteiger charge is -2.32. The van der Waals surface area contributed by atoms with Crippen molar-refractivity contribution in [1.82, 2.24) is 15.3 Å². The first-order valence-corrected chi connectivity index (χ1v) is 12.4. The highest BCUT2D eigenvalue weighted by Crippen LogP contribution is 2.26. The lowest BCUT2D eigenvalue weighted by molar-refractivity contribution is -0.145. The maximum atomic E-state index is 13.4. The van der Waals surface area contributed by atoms with Crippen LogP contribution in [0.2, 0.25) is 0 Å². The van der Waals surface area contributed by atoms with E-state index in [0.717, 1.165) is 12.0 Å². The molecule has 0 radical (unpaired) electrons. The Labute approximate surface area is 214 Å². The largest absolute Gasteiger partial charge is 0.456 e. The van der Waals surface area contributed by atoms with Crippen LogP contribution in [0.15, 0.2) is 42.5 Å². The van der Waals surface area contributed by atoms with Crippen LogP contribution in [0.5, 0.6) is 0 Å². The van der Waals surface area contributed by atoms with Gasteiger partial charge in [-0.15, -0.1) is 0 Å². The monoisotopic (exact) mass is 494 g/mol. The summed E-state index contributed by atoms with van der Waals surface area (Å²) in [4.78, 5) is 40.5. The van der Waals surface area contributed by atoms with Gasteiger partial charge in [-0.1, -0.05) is 37.3 Å². The number of aryl methyl sites for hydroxylation is 1. The van der Waals surface area contributed by atoms with E-state index >= 15 is 0 Å². The van der Waals surface area contributed by atoms with E-state index in [1.165, 1.54) is 11.1 Å². The lowest BCUT2D eigenvalue weighted by atomic mass is 10.1. The predicted octanol–water partition coefficient (Wildman–Crippen LogP) is 3.67. The molecule has 0 aromatic heterocycles. The van der Waals surface area contributed by atoms with Crippen molar-refractivity contribution >= 4 is 23.5 Å². The number of benzene rings is 2. The van der Waals surface area contributed by atoms with Crippen LogP contribution in [-0.4, -0.2) is 60.1 Å². The van der Waals surface area contributed by atoms with Gasteiger partial charge in [-0.25, -0.2) is 9.80 Å². The van der Waals surface area contributed by atoms with Crippen LogP contribution in [-0.2, 0) is 27.4 Å². The van der Waals surface area contributed by atoms with Crippen LogP contribution in [0.1, 0.15) is 61.2 Å². The number of hydrogen-bond donors (Lipinski definition) is 1. The van der Waals surface area contributed by atoms with Crippen LogP contribution in [0.3, 0.4) is 0 Å². The number of rotatable bonds is 9. The van der Waals surface area contributed by atoms with Crippen molar-refractivity contribution in [3.05, 3.63) is 64.7 Å². The molecule has 1 N–H and O–H groups in total. The van der Waals surface area contributed by atoms with Gasteiger partial charge in [0.1, 0.15) is 5.60 Å². The average Bonchev–Trinajstić information content (AvgIpc) is 3.25. The summed E-state index contributed by atoms with van der Waals surface area (Å²) < 4.78 is 5.53. The van der Waals surface area contributed by atoms with Gasteiger partial charge >= 0.3 is 5.97 Å². The van der Waals surface area contributed by atoms with Gasteiger partial charge in [0.05, 0.1) is 18.7 Å². The first-order chi connectivity index (χ1) is 17.0. The summed E-state index contributed by atoms with van der Waals surface area (Å²) in [5.41, 5.74) is 3.66. The van der Waals surface area contributed by atoms with Gasteiger partial charge in [0, 0.05) is 32.4 Å². The molecular weight excluding hydrogens is 456 g/mol. The van der Waals surface area contributed by atoms with Gasteiger partial charge in [-0.3, -0.25) is 14.6 Å². The maximum absolute atomic E-state index is 13.4. The van der Waals surface area contributed by atoms with Crippen molar-refractivity contribution in [2.24, 2.45) is 0 Å². The third-order valence-corrected chi connectivity index (χ3v) is 6.03. The quantitative estimate of drug-likeness (QED) is 0.536. The van der Waals surface area contributed by atoms with E-state index in [9.17, 15) is 14.4 Å². The molecule has 0 spiro atoms. The molecule has 2 amide bonds.